The highest BCUT2D eigenvalue weighted by Crippen LogP contribution is 2.43. The summed E-state index contributed by atoms with van der Waals surface area (Å²) >= 11 is 3.61. The Morgan fingerprint density at radius 3 is 2.52 bits per heavy atom. The van der Waals surface area contributed by atoms with Gasteiger partial charge in [-0.1, -0.05) is 59.3 Å². The van der Waals surface area contributed by atoms with E-state index in [-0.39, 0.29) is 36.7 Å². The summed E-state index contributed by atoms with van der Waals surface area (Å²) in [5, 5.41) is 9.48. The fourth-order valence-corrected chi connectivity index (χ4v) is 5.22. The molecule has 226 valence electrons. The SMILES string of the molecule is COC(=O)c1c(Oc2c(COC3CCCCO3)cc(Br)cc2OCc2ccccc2)ccc(CCC(C)CO)c1OC. The molecule has 1 aliphatic heterocycles. The molecule has 1 heterocycles. The maximum absolute atomic E-state index is 13.1. The molecule has 2 unspecified atom stereocenters. The molecule has 1 aliphatic rings. The Morgan fingerprint density at radius 2 is 1.83 bits per heavy atom. The molecule has 8 nitrogen and oxygen atoms in total. The van der Waals surface area contributed by atoms with Gasteiger partial charge in [-0.15, -0.1) is 0 Å². The summed E-state index contributed by atoms with van der Waals surface area (Å²) in [6.45, 7) is 3.25. The monoisotopic (exact) mass is 642 g/mol. The van der Waals surface area contributed by atoms with E-state index >= 15 is 0 Å². The van der Waals surface area contributed by atoms with E-state index in [4.69, 9.17) is 28.4 Å². The molecule has 42 heavy (non-hydrogen) atoms. The first-order chi connectivity index (χ1) is 20.4. The number of aryl methyl sites for hydroxylation is 1. The lowest BCUT2D eigenvalue weighted by molar-refractivity contribution is -0.169. The lowest BCUT2D eigenvalue weighted by Gasteiger charge is -2.24. The lowest BCUT2D eigenvalue weighted by Crippen LogP contribution is -2.22. The smallest absolute Gasteiger partial charge is 0.345 e. The highest BCUT2D eigenvalue weighted by molar-refractivity contribution is 9.10. The predicted octanol–water partition coefficient (Wildman–Crippen LogP) is 7.22. The van der Waals surface area contributed by atoms with Gasteiger partial charge in [0.05, 0.1) is 20.8 Å². The van der Waals surface area contributed by atoms with E-state index in [2.05, 4.69) is 15.9 Å². The van der Waals surface area contributed by atoms with E-state index in [9.17, 15) is 9.90 Å². The molecule has 9 heteroatoms. The van der Waals surface area contributed by atoms with Crippen molar-refractivity contribution in [1.82, 2.24) is 0 Å². The van der Waals surface area contributed by atoms with Crippen LogP contribution in [0.25, 0.3) is 0 Å². The summed E-state index contributed by atoms with van der Waals surface area (Å²) < 4.78 is 36.4. The Hall–Kier alpha value is -3.11. The molecule has 0 aliphatic carbocycles. The van der Waals surface area contributed by atoms with E-state index in [1.807, 2.05) is 55.5 Å². The summed E-state index contributed by atoms with van der Waals surface area (Å²) in [4.78, 5) is 13.1. The van der Waals surface area contributed by atoms with Crippen molar-refractivity contribution in [2.75, 3.05) is 27.4 Å². The molecule has 0 amide bonds. The van der Waals surface area contributed by atoms with Crippen molar-refractivity contribution in [1.29, 1.82) is 0 Å². The van der Waals surface area contributed by atoms with Gasteiger partial charge in [0.15, 0.2) is 17.8 Å². The Labute approximate surface area is 256 Å². The summed E-state index contributed by atoms with van der Waals surface area (Å²) in [5.74, 6) is 1.05. The summed E-state index contributed by atoms with van der Waals surface area (Å²) in [6, 6.07) is 17.2. The van der Waals surface area contributed by atoms with E-state index < -0.39 is 5.97 Å². The van der Waals surface area contributed by atoms with Gasteiger partial charge >= 0.3 is 5.97 Å². The predicted molar refractivity (Wildman–Crippen MR) is 162 cm³/mol. The molecule has 0 aromatic heterocycles. The van der Waals surface area contributed by atoms with Crippen LogP contribution >= 0.6 is 15.9 Å². The van der Waals surface area contributed by atoms with Crippen molar-refractivity contribution in [3.8, 4) is 23.0 Å². The van der Waals surface area contributed by atoms with E-state index in [0.717, 1.165) is 46.8 Å². The molecule has 1 saturated heterocycles. The topological polar surface area (TPSA) is 92.7 Å². The third kappa shape index (κ3) is 8.47. The Balaban J connectivity index is 1.73. The van der Waals surface area contributed by atoms with Crippen LogP contribution in [-0.2, 0) is 33.8 Å². The van der Waals surface area contributed by atoms with E-state index in [1.54, 1.807) is 6.07 Å². The number of halogens is 1. The quantitative estimate of drug-likeness (QED) is 0.184. The van der Waals surface area contributed by atoms with Gasteiger partial charge in [0.2, 0.25) is 0 Å². The van der Waals surface area contributed by atoms with Gasteiger partial charge in [-0.05, 0) is 67.3 Å². The highest BCUT2D eigenvalue weighted by Gasteiger charge is 2.26. The molecule has 0 radical (unpaired) electrons. The number of hydrogen-bond acceptors (Lipinski definition) is 8. The fraction of sp³-hybridized carbons (Fsp3) is 0.424. The van der Waals surface area contributed by atoms with Crippen molar-refractivity contribution >= 4 is 21.9 Å². The third-order valence-corrected chi connectivity index (χ3v) is 7.58. The Morgan fingerprint density at radius 1 is 1.02 bits per heavy atom. The van der Waals surface area contributed by atoms with Crippen LogP contribution in [0.5, 0.6) is 23.0 Å². The van der Waals surface area contributed by atoms with Crippen molar-refractivity contribution in [3.63, 3.8) is 0 Å². The van der Waals surface area contributed by atoms with E-state index in [0.29, 0.717) is 36.9 Å². The van der Waals surface area contributed by atoms with Crippen LogP contribution < -0.4 is 14.2 Å². The number of esters is 1. The number of carbonyl (C=O) groups is 1. The average Bonchev–Trinajstić information content (AvgIpc) is 3.03. The van der Waals surface area contributed by atoms with Crippen LogP contribution in [-0.4, -0.2) is 44.8 Å². The minimum absolute atomic E-state index is 0.0828. The normalized spacial score (nSPS) is 15.6. The summed E-state index contributed by atoms with van der Waals surface area (Å²) in [6.07, 6.45) is 3.92. The van der Waals surface area contributed by atoms with Gasteiger partial charge in [-0.3, -0.25) is 0 Å². The number of benzene rings is 3. The van der Waals surface area contributed by atoms with Crippen LogP contribution in [0.3, 0.4) is 0 Å². The number of carbonyl (C=O) groups excluding carboxylic acids is 1. The molecule has 3 aromatic carbocycles. The Kier molecular flexibility index (Phi) is 12.1. The molecule has 1 fully saturated rings. The third-order valence-electron chi connectivity index (χ3n) is 7.12. The van der Waals surface area contributed by atoms with Crippen LogP contribution in [0.1, 0.15) is 59.7 Å². The van der Waals surface area contributed by atoms with Gasteiger partial charge in [0.25, 0.3) is 0 Å². The number of aliphatic hydroxyl groups is 1. The minimum Gasteiger partial charge on any atom is -0.495 e. The zero-order valence-corrected chi connectivity index (χ0v) is 26.0. The fourth-order valence-electron chi connectivity index (χ4n) is 4.73. The molecule has 3 aromatic rings. The zero-order valence-electron chi connectivity index (χ0n) is 24.4. The van der Waals surface area contributed by atoms with Gasteiger partial charge in [-0.25, -0.2) is 4.79 Å². The molecular weight excluding hydrogens is 604 g/mol. The number of methoxy groups -OCH3 is 2. The standard InChI is InChI=1S/C33H39BrO8/c1-22(19-35)12-13-24-14-15-27(30(32(24)37-2)33(36)38-3)42-31-25(21-41-29-11-7-8-16-39-29)17-26(34)18-28(31)40-20-23-9-5-4-6-10-23/h4-6,9-10,14-15,17-18,22,29,35H,7-8,11-13,16,19-21H2,1-3H3. The highest BCUT2D eigenvalue weighted by atomic mass is 79.9. The van der Waals surface area contributed by atoms with Crippen LogP contribution in [0, 0.1) is 5.92 Å². The number of rotatable bonds is 14. The number of hydrogen-bond donors (Lipinski definition) is 1. The number of ether oxygens (including phenoxy) is 6. The molecule has 4 rings (SSSR count). The average molecular weight is 644 g/mol. The second-order valence-corrected chi connectivity index (χ2v) is 11.2. The molecule has 2 atom stereocenters. The van der Waals surface area contributed by atoms with Crippen molar-refractivity contribution in [2.45, 2.75) is 58.5 Å². The first-order valence-corrected chi connectivity index (χ1v) is 15.0. The summed E-state index contributed by atoms with van der Waals surface area (Å²) in [5.41, 5.74) is 2.71. The van der Waals surface area contributed by atoms with Crippen LogP contribution in [0.2, 0.25) is 0 Å². The van der Waals surface area contributed by atoms with Crippen LogP contribution in [0.15, 0.2) is 59.1 Å². The summed E-state index contributed by atoms with van der Waals surface area (Å²) in [7, 11) is 2.84. The largest absolute Gasteiger partial charge is 0.495 e. The van der Waals surface area contributed by atoms with Crippen molar-refractivity contribution in [3.05, 3.63) is 81.3 Å². The molecule has 0 bridgehead atoms. The van der Waals surface area contributed by atoms with Crippen molar-refractivity contribution in [2.24, 2.45) is 5.92 Å². The molecular formula is C33H39BrO8. The second kappa shape index (κ2) is 15.9. The molecule has 0 saturated carbocycles. The second-order valence-electron chi connectivity index (χ2n) is 10.3. The van der Waals surface area contributed by atoms with Gasteiger partial charge in [0, 0.05) is 23.2 Å². The first-order valence-electron chi connectivity index (χ1n) is 14.2. The van der Waals surface area contributed by atoms with Crippen molar-refractivity contribution < 1.29 is 38.3 Å². The lowest BCUT2D eigenvalue weighted by atomic mass is 9.98. The van der Waals surface area contributed by atoms with Crippen LogP contribution in [0.4, 0.5) is 0 Å². The van der Waals surface area contributed by atoms with Gasteiger partial charge in [0.1, 0.15) is 23.7 Å². The minimum atomic E-state index is -0.587. The maximum Gasteiger partial charge on any atom is 0.345 e. The molecule has 0 spiro atoms. The van der Waals surface area contributed by atoms with Gasteiger partial charge in [-0.2, -0.15) is 0 Å². The maximum atomic E-state index is 13.1. The first kappa shape index (κ1) is 31.8. The molecule has 1 N–H and O–H groups in total. The van der Waals surface area contributed by atoms with Gasteiger partial charge < -0.3 is 33.5 Å². The Bertz CT molecular complexity index is 1310. The number of aliphatic hydroxyl groups excluding tert-OH is 1. The zero-order chi connectivity index (χ0) is 29.9. The van der Waals surface area contributed by atoms with E-state index in [1.165, 1.54) is 14.2 Å².